The average molecular weight is 431 g/mol. The molecule has 0 saturated carbocycles. The van der Waals surface area contributed by atoms with Crippen LogP contribution in [0, 0.1) is 0 Å². The molecule has 3 aromatic carbocycles. The third-order valence-electron chi connectivity index (χ3n) is 6.74. The average Bonchev–Trinajstić information content (AvgIpc) is 3.14. The highest BCUT2D eigenvalue weighted by atomic mass is 16.5. The van der Waals surface area contributed by atoms with Crippen LogP contribution in [-0.2, 0) is 31.1 Å². The molecule has 32 heavy (non-hydrogen) atoms. The maximum absolute atomic E-state index is 11.1. The number of carbonyl (C=O) groups is 1. The van der Waals surface area contributed by atoms with Gasteiger partial charge in [-0.15, -0.1) is 0 Å². The molecule has 1 atom stereocenters. The Balaban J connectivity index is 1.60. The molecular formula is C28H30O4. The molecule has 0 aromatic heterocycles. The number of hydrogen-bond donors (Lipinski definition) is 1. The van der Waals surface area contributed by atoms with E-state index in [2.05, 4.69) is 31.2 Å². The van der Waals surface area contributed by atoms with Crippen molar-refractivity contribution in [3.63, 3.8) is 0 Å². The van der Waals surface area contributed by atoms with E-state index in [1.165, 1.54) is 22.3 Å². The minimum atomic E-state index is -0.888. The summed E-state index contributed by atoms with van der Waals surface area (Å²) in [4.78, 5) is 11.1. The van der Waals surface area contributed by atoms with Crippen LogP contribution in [0.2, 0.25) is 0 Å². The van der Waals surface area contributed by atoms with Gasteiger partial charge in [0.2, 0.25) is 0 Å². The summed E-state index contributed by atoms with van der Waals surface area (Å²) in [5, 5.41) is 9.12. The number of hydrogen-bond acceptors (Lipinski definition) is 3. The van der Waals surface area contributed by atoms with Crippen LogP contribution in [0.4, 0.5) is 0 Å². The third kappa shape index (κ3) is 4.36. The molecule has 1 aliphatic carbocycles. The highest BCUT2D eigenvalue weighted by molar-refractivity contribution is 5.87. The molecule has 0 bridgehead atoms. The molecule has 0 aliphatic heterocycles. The zero-order valence-corrected chi connectivity index (χ0v) is 19.0. The van der Waals surface area contributed by atoms with Gasteiger partial charge < -0.3 is 14.6 Å². The van der Waals surface area contributed by atoms with E-state index in [9.17, 15) is 4.79 Å². The van der Waals surface area contributed by atoms with Crippen LogP contribution in [0.1, 0.15) is 51.5 Å². The molecule has 1 N–H and O–H groups in total. The van der Waals surface area contributed by atoms with Gasteiger partial charge in [-0.25, -0.2) is 4.79 Å². The van der Waals surface area contributed by atoms with Crippen molar-refractivity contribution in [3.05, 3.63) is 94.0 Å². The van der Waals surface area contributed by atoms with Crippen molar-refractivity contribution in [2.75, 3.05) is 14.2 Å². The van der Waals surface area contributed by atoms with Gasteiger partial charge >= 0.3 is 5.97 Å². The van der Waals surface area contributed by atoms with Crippen LogP contribution < -0.4 is 9.47 Å². The third-order valence-corrected chi connectivity index (χ3v) is 6.74. The van der Waals surface area contributed by atoms with E-state index in [-0.39, 0.29) is 5.41 Å². The first-order chi connectivity index (χ1) is 15.4. The maximum Gasteiger partial charge on any atom is 0.335 e. The minimum Gasteiger partial charge on any atom is -0.497 e. The summed E-state index contributed by atoms with van der Waals surface area (Å²) in [6, 6.07) is 19.9. The van der Waals surface area contributed by atoms with E-state index in [0.717, 1.165) is 49.2 Å². The van der Waals surface area contributed by atoms with Crippen LogP contribution >= 0.6 is 0 Å². The number of carboxylic acid groups (broad SMARTS) is 1. The normalized spacial score (nSPS) is 17.1. The van der Waals surface area contributed by atoms with E-state index in [0.29, 0.717) is 5.56 Å². The van der Waals surface area contributed by atoms with E-state index < -0.39 is 5.97 Å². The fourth-order valence-corrected chi connectivity index (χ4v) is 5.09. The number of fused-ring (bicyclic) bond motifs is 1. The summed E-state index contributed by atoms with van der Waals surface area (Å²) >= 11 is 0. The Hall–Kier alpha value is -3.27. The topological polar surface area (TPSA) is 55.8 Å². The largest absolute Gasteiger partial charge is 0.497 e. The number of benzene rings is 3. The molecule has 0 spiro atoms. The molecule has 4 rings (SSSR count). The van der Waals surface area contributed by atoms with Crippen molar-refractivity contribution in [1.29, 1.82) is 0 Å². The van der Waals surface area contributed by atoms with Crippen LogP contribution in [0.15, 0.2) is 60.7 Å². The van der Waals surface area contributed by atoms with E-state index in [1.54, 1.807) is 26.4 Å². The lowest BCUT2D eigenvalue weighted by atomic mass is 9.75. The van der Waals surface area contributed by atoms with Crippen LogP contribution in [-0.4, -0.2) is 25.3 Å². The Morgan fingerprint density at radius 2 is 1.75 bits per heavy atom. The van der Waals surface area contributed by atoms with Crippen molar-refractivity contribution in [2.24, 2.45) is 0 Å². The number of carboxylic acids is 1. The van der Waals surface area contributed by atoms with Gasteiger partial charge in [-0.05, 0) is 95.7 Å². The highest BCUT2D eigenvalue weighted by Gasteiger charge is 2.37. The fourth-order valence-electron chi connectivity index (χ4n) is 5.09. The van der Waals surface area contributed by atoms with Crippen molar-refractivity contribution in [3.8, 4) is 11.5 Å². The van der Waals surface area contributed by atoms with Gasteiger partial charge in [0.15, 0.2) is 0 Å². The zero-order valence-electron chi connectivity index (χ0n) is 19.0. The monoisotopic (exact) mass is 430 g/mol. The first-order valence-electron chi connectivity index (χ1n) is 11.1. The van der Waals surface area contributed by atoms with Gasteiger partial charge in [-0.2, -0.15) is 0 Å². The van der Waals surface area contributed by atoms with E-state index in [4.69, 9.17) is 14.6 Å². The lowest BCUT2D eigenvalue weighted by molar-refractivity contribution is 0.0697. The van der Waals surface area contributed by atoms with Crippen LogP contribution in [0.25, 0.3) is 0 Å². The number of aromatic carboxylic acids is 1. The molecule has 4 nitrogen and oxygen atoms in total. The Morgan fingerprint density at radius 3 is 2.44 bits per heavy atom. The molecule has 1 aliphatic rings. The summed E-state index contributed by atoms with van der Waals surface area (Å²) < 4.78 is 11.1. The van der Waals surface area contributed by atoms with Crippen molar-refractivity contribution in [2.45, 2.75) is 44.4 Å². The van der Waals surface area contributed by atoms with Gasteiger partial charge in [0.25, 0.3) is 0 Å². The summed E-state index contributed by atoms with van der Waals surface area (Å²) in [6.45, 7) is 2.36. The van der Waals surface area contributed by atoms with Crippen molar-refractivity contribution in [1.82, 2.24) is 0 Å². The first-order valence-corrected chi connectivity index (χ1v) is 11.1. The summed E-state index contributed by atoms with van der Waals surface area (Å²) in [6.07, 6.45) is 4.90. The molecule has 0 fully saturated rings. The number of aryl methyl sites for hydroxylation is 3. The molecule has 1 unspecified atom stereocenters. The summed E-state index contributed by atoms with van der Waals surface area (Å²) in [7, 11) is 3.41. The molecule has 0 radical (unpaired) electrons. The number of ether oxygens (including phenoxy) is 2. The van der Waals surface area contributed by atoms with Gasteiger partial charge in [-0.1, -0.05) is 37.3 Å². The van der Waals surface area contributed by atoms with E-state index in [1.807, 2.05) is 24.3 Å². The zero-order chi connectivity index (χ0) is 22.7. The van der Waals surface area contributed by atoms with Gasteiger partial charge in [-0.3, -0.25) is 0 Å². The number of methoxy groups -OCH3 is 2. The van der Waals surface area contributed by atoms with Gasteiger partial charge in [0.05, 0.1) is 19.8 Å². The SMILES string of the molecule is COc1ccc(OC)c(CC2(C)CCc3cccc(CCc4ccc(C(=O)O)cc4)c32)c1. The minimum absolute atomic E-state index is 0.0265. The summed E-state index contributed by atoms with van der Waals surface area (Å²) in [5.74, 6) is 0.860. The molecule has 0 amide bonds. The second-order valence-corrected chi connectivity index (χ2v) is 8.87. The summed E-state index contributed by atoms with van der Waals surface area (Å²) in [5.41, 5.74) is 6.96. The molecule has 3 aromatic rings. The smallest absolute Gasteiger partial charge is 0.335 e. The molecular weight excluding hydrogens is 400 g/mol. The molecule has 0 saturated heterocycles. The Morgan fingerprint density at radius 1 is 0.969 bits per heavy atom. The van der Waals surface area contributed by atoms with Crippen molar-refractivity contribution < 1.29 is 19.4 Å². The molecule has 4 heteroatoms. The van der Waals surface area contributed by atoms with E-state index >= 15 is 0 Å². The van der Waals surface area contributed by atoms with Crippen LogP contribution in [0.5, 0.6) is 11.5 Å². The first kappa shape index (κ1) is 21.9. The fraction of sp³-hybridized carbons (Fsp3) is 0.321. The lowest BCUT2D eigenvalue weighted by Crippen LogP contribution is -2.24. The highest BCUT2D eigenvalue weighted by Crippen LogP contribution is 2.45. The maximum atomic E-state index is 11.1. The van der Waals surface area contributed by atoms with Gasteiger partial charge in [0.1, 0.15) is 11.5 Å². The Kier molecular flexibility index (Phi) is 6.22. The second kappa shape index (κ2) is 9.07. The van der Waals surface area contributed by atoms with Crippen molar-refractivity contribution >= 4 is 5.97 Å². The molecule has 0 heterocycles. The predicted molar refractivity (Wildman–Crippen MR) is 126 cm³/mol. The van der Waals surface area contributed by atoms with Crippen LogP contribution in [0.3, 0.4) is 0 Å². The number of rotatable bonds is 8. The Labute approximate surface area is 189 Å². The predicted octanol–water partition coefficient (Wildman–Crippen LogP) is 5.63. The standard InChI is InChI=1S/C28H30O4/c1-28(18-23-17-24(31-2)13-14-25(23)32-3)16-15-21-6-4-5-20(26(21)28)10-7-19-8-11-22(12-9-19)27(29)30/h4-6,8-9,11-14,17H,7,10,15-16,18H2,1-3H3,(H,29,30). The second-order valence-electron chi connectivity index (χ2n) is 8.87. The molecule has 166 valence electrons. The van der Waals surface area contributed by atoms with Gasteiger partial charge in [0, 0.05) is 0 Å². The Bertz CT molecular complexity index is 1120. The lowest BCUT2D eigenvalue weighted by Gasteiger charge is -2.29. The quantitative estimate of drug-likeness (QED) is 0.503.